The molecule has 2 fully saturated rings. The zero-order valence-corrected chi connectivity index (χ0v) is 11.3. The molecule has 2 saturated heterocycles. The third-order valence-corrected chi connectivity index (χ3v) is 3.13. The van der Waals surface area contributed by atoms with Crippen molar-refractivity contribution < 1.29 is 29.2 Å². The summed E-state index contributed by atoms with van der Waals surface area (Å²) in [6, 6.07) is 0. The number of fused-ring (bicyclic) bond motifs is 1. The van der Waals surface area contributed by atoms with Gasteiger partial charge in [-0.05, 0) is 27.7 Å². The van der Waals surface area contributed by atoms with Gasteiger partial charge in [0, 0.05) is 0 Å². The number of rotatable bonds is 2. The van der Waals surface area contributed by atoms with Crippen molar-refractivity contribution in [2.45, 2.75) is 63.7 Å². The summed E-state index contributed by atoms with van der Waals surface area (Å²) in [5.41, 5.74) is 0. The molecule has 0 unspecified atom stereocenters. The summed E-state index contributed by atoms with van der Waals surface area (Å²) in [4.78, 5) is 0. The summed E-state index contributed by atoms with van der Waals surface area (Å²) in [7, 11) is 0. The summed E-state index contributed by atoms with van der Waals surface area (Å²) in [6.45, 7) is 6.73. The Morgan fingerprint density at radius 2 is 1.06 bits per heavy atom. The lowest BCUT2D eigenvalue weighted by molar-refractivity contribution is -0.426. The van der Waals surface area contributed by atoms with E-state index in [2.05, 4.69) is 0 Å². The van der Waals surface area contributed by atoms with Crippen LogP contribution >= 0.6 is 0 Å². The maximum atomic E-state index is 9.43. The third-order valence-electron chi connectivity index (χ3n) is 3.13. The Balaban J connectivity index is 2.24. The molecule has 4 atom stereocenters. The highest BCUT2D eigenvalue weighted by Crippen LogP contribution is 2.38. The zero-order valence-electron chi connectivity index (χ0n) is 11.3. The van der Waals surface area contributed by atoms with E-state index in [1.165, 1.54) is 0 Å². The van der Waals surface area contributed by atoms with Gasteiger partial charge in [-0.2, -0.15) is 0 Å². The highest BCUT2D eigenvalue weighted by Gasteiger charge is 2.53. The monoisotopic (exact) mass is 262 g/mol. The van der Waals surface area contributed by atoms with Crippen LogP contribution in [-0.2, 0) is 18.9 Å². The Hall–Kier alpha value is -0.240. The molecule has 18 heavy (non-hydrogen) atoms. The molecule has 2 N–H and O–H groups in total. The summed E-state index contributed by atoms with van der Waals surface area (Å²) in [5, 5.41) is 18.9. The lowest BCUT2D eigenvalue weighted by Crippen LogP contribution is -2.66. The van der Waals surface area contributed by atoms with Gasteiger partial charge < -0.3 is 29.2 Å². The lowest BCUT2D eigenvalue weighted by Gasteiger charge is -2.53. The van der Waals surface area contributed by atoms with Crippen molar-refractivity contribution in [2.24, 2.45) is 0 Å². The SMILES string of the molecule is CC1(C)O[C@H]2[C@@H](OC(C)(C)O[C@@H]2CO)[C@H](CO)O1. The first-order chi connectivity index (χ1) is 8.28. The van der Waals surface area contributed by atoms with Gasteiger partial charge in [0.1, 0.15) is 24.4 Å². The molecule has 0 aromatic heterocycles. The molecule has 106 valence electrons. The molecule has 0 spiro atoms. The Morgan fingerprint density at radius 3 is 1.33 bits per heavy atom. The van der Waals surface area contributed by atoms with Crippen LogP contribution in [0.2, 0.25) is 0 Å². The van der Waals surface area contributed by atoms with Crippen LogP contribution in [0.25, 0.3) is 0 Å². The van der Waals surface area contributed by atoms with E-state index in [1.54, 1.807) is 27.7 Å². The zero-order chi connectivity index (χ0) is 13.6. The van der Waals surface area contributed by atoms with Gasteiger partial charge in [-0.3, -0.25) is 0 Å². The van der Waals surface area contributed by atoms with Crippen LogP contribution in [0.4, 0.5) is 0 Å². The van der Waals surface area contributed by atoms with E-state index >= 15 is 0 Å². The summed E-state index contributed by atoms with van der Waals surface area (Å²) >= 11 is 0. The van der Waals surface area contributed by atoms with Crippen molar-refractivity contribution in [3.8, 4) is 0 Å². The number of hydrogen-bond acceptors (Lipinski definition) is 6. The molecule has 2 aliphatic heterocycles. The normalized spacial score (nSPS) is 42.3. The topological polar surface area (TPSA) is 77.4 Å². The average Bonchev–Trinajstić information content (AvgIpc) is 2.26. The Bertz CT molecular complexity index is 273. The Morgan fingerprint density at radius 1 is 0.722 bits per heavy atom. The predicted octanol–water partition coefficient (Wildman–Crippen LogP) is 0.0112. The highest BCUT2D eigenvalue weighted by molar-refractivity contribution is 4.94. The molecule has 0 radical (unpaired) electrons. The van der Waals surface area contributed by atoms with Crippen molar-refractivity contribution in [3.05, 3.63) is 0 Å². The van der Waals surface area contributed by atoms with Gasteiger partial charge in [0.05, 0.1) is 13.2 Å². The molecule has 2 rings (SSSR count). The number of aliphatic hydroxyl groups excluding tert-OH is 2. The third kappa shape index (κ3) is 2.68. The maximum Gasteiger partial charge on any atom is 0.164 e. The number of ether oxygens (including phenoxy) is 4. The van der Waals surface area contributed by atoms with Gasteiger partial charge in [-0.1, -0.05) is 0 Å². The first-order valence-corrected chi connectivity index (χ1v) is 6.21. The fourth-order valence-electron chi connectivity index (χ4n) is 2.57. The van der Waals surface area contributed by atoms with Crippen LogP contribution in [0, 0.1) is 0 Å². The highest BCUT2D eigenvalue weighted by atomic mass is 16.8. The Kier molecular flexibility index (Phi) is 3.70. The predicted molar refractivity (Wildman–Crippen MR) is 61.8 cm³/mol. The van der Waals surface area contributed by atoms with Gasteiger partial charge >= 0.3 is 0 Å². The van der Waals surface area contributed by atoms with Crippen LogP contribution in [-0.4, -0.2) is 59.4 Å². The van der Waals surface area contributed by atoms with E-state index in [-0.39, 0.29) is 13.2 Å². The van der Waals surface area contributed by atoms with Crippen molar-refractivity contribution in [2.75, 3.05) is 13.2 Å². The van der Waals surface area contributed by atoms with Gasteiger partial charge in [0.2, 0.25) is 0 Å². The van der Waals surface area contributed by atoms with E-state index in [0.29, 0.717) is 0 Å². The van der Waals surface area contributed by atoms with Crippen LogP contribution in [0.5, 0.6) is 0 Å². The molecule has 0 saturated carbocycles. The van der Waals surface area contributed by atoms with Crippen LogP contribution in [0.3, 0.4) is 0 Å². The standard InChI is InChI=1S/C12H22O6/c1-11(2)15-7(5-13)10-9(17-11)8(6-14)16-12(3,4)18-10/h7-10,13-14H,5-6H2,1-4H3/t7-,8+,9+,10-. The second-order valence-electron chi connectivity index (χ2n) is 5.64. The van der Waals surface area contributed by atoms with Crippen molar-refractivity contribution in [3.63, 3.8) is 0 Å². The lowest BCUT2D eigenvalue weighted by atomic mass is 9.98. The number of hydrogen-bond donors (Lipinski definition) is 2. The van der Waals surface area contributed by atoms with Crippen LogP contribution < -0.4 is 0 Å². The molecule has 6 nitrogen and oxygen atoms in total. The van der Waals surface area contributed by atoms with Gasteiger partial charge in [0.15, 0.2) is 11.6 Å². The molecular weight excluding hydrogens is 240 g/mol. The smallest absolute Gasteiger partial charge is 0.164 e. The quantitative estimate of drug-likeness (QED) is 0.730. The molecule has 0 aliphatic carbocycles. The first kappa shape index (κ1) is 14.2. The molecule has 0 aromatic rings. The summed E-state index contributed by atoms with van der Waals surface area (Å²) in [5.74, 6) is -1.67. The van der Waals surface area contributed by atoms with Crippen LogP contribution in [0.15, 0.2) is 0 Å². The van der Waals surface area contributed by atoms with Gasteiger partial charge in [-0.15, -0.1) is 0 Å². The molecule has 6 heteroatoms. The number of aliphatic hydroxyl groups is 2. The minimum Gasteiger partial charge on any atom is -0.394 e. The largest absolute Gasteiger partial charge is 0.394 e. The van der Waals surface area contributed by atoms with E-state index in [4.69, 9.17) is 18.9 Å². The molecule has 0 bridgehead atoms. The maximum absolute atomic E-state index is 9.43. The summed E-state index contributed by atoms with van der Waals surface area (Å²) in [6.07, 6.45) is -1.89. The second-order valence-corrected chi connectivity index (χ2v) is 5.64. The Labute approximate surface area is 107 Å². The van der Waals surface area contributed by atoms with Gasteiger partial charge in [-0.25, -0.2) is 0 Å². The molecule has 0 aromatic carbocycles. The molecular formula is C12H22O6. The molecule has 0 amide bonds. The fraction of sp³-hybridized carbons (Fsp3) is 1.00. The minimum atomic E-state index is -0.837. The van der Waals surface area contributed by atoms with Gasteiger partial charge in [0.25, 0.3) is 0 Å². The second kappa shape index (κ2) is 4.70. The molecule has 2 heterocycles. The molecule has 2 aliphatic rings. The van der Waals surface area contributed by atoms with E-state index < -0.39 is 36.0 Å². The van der Waals surface area contributed by atoms with E-state index in [1.807, 2.05) is 0 Å². The first-order valence-electron chi connectivity index (χ1n) is 6.21. The average molecular weight is 262 g/mol. The van der Waals surface area contributed by atoms with Crippen molar-refractivity contribution in [1.29, 1.82) is 0 Å². The van der Waals surface area contributed by atoms with Crippen molar-refractivity contribution >= 4 is 0 Å². The fourth-order valence-corrected chi connectivity index (χ4v) is 2.57. The van der Waals surface area contributed by atoms with E-state index in [9.17, 15) is 10.2 Å². The van der Waals surface area contributed by atoms with Crippen molar-refractivity contribution in [1.82, 2.24) is 0 Å². The minimum absolute atomic E-state index is 0.164. The van der Waals surface area contributed by atoms with Crippen LogP contribution in [0.1, 0.15) is 27.7 Å². The van der Waals surface area contributed by atoms with E-state index in [0.717, 1.165) is 0 Å². The summed E-state index contributed by atoms with van der Waals surface area (Å²) < 4.78 is 22.8.